The molecule has 4 heteroatoms. The second kappa shape index (κ2) is 4.11. The van der Waals surface area contributed by atoms with Crippen LogP contribution in [0.4, 0.5) is 4.79 Å². The topological polar surface area (TPSA) is 49.3 Å². The first-order valence-corrected chi connectivity index (χ1v) is 4.63. The fraction of sp³-hybridized carbons (Fsp3) is 0.375. The van der Waals surface area contributed by atoms with Gasteiger partial charge in [0, 0.05) is 6.04 Å². The molecular formula is C8H11NO2S. The van der Waals surface area contributed by atoms with Crippen molar-refractivity contribution in [3.63, 3.8) is 0 Å². The third kappa shape index (κ3) is 2.92. The van der Waals surface area contributed by atoms with Gasteiger partial charge in [-0.1, -0.05) is 0 Å². The average Bonchev–Trinajstić information content (AvgIpc) is 2.37. The van der Waals surface area contributed by atoms with Gasteiger partial charge in [-0.2, -0.15) is 11.3 Å². The van der Waals surface area contributed by atoms with Crippen LogP contribution >= 0.6 is 11.3 Å². The molecule has 1 unspecified atom stereocenters. The Morgan fingerprint density at radius 1 is 1.83 bits per heavy atom. The van der Waals surface area contributed by atoms with E-state index in [9.17, 15) is 4.79 Å². The largest absolute Gasteiger partial charge is 0.465 e. The molecule has 66 valence electrons. The first-order chi connectivity index (χ1) is 5.68. The summed E-state index contributed by atoms with van der Waals surface area (Å²) in [5, 5.41) is 14.8. The molecule has 0 bridgehead atoms. The van der Waals surface area contributed by atoms with Crippen molar-refractivity contribution in [1.82, 2.24) is 5.32 Å². The van der Waals surface area contributed by atoms with Crippen molar-refractivity contribution in [2.24, 2.45) is 0 Å². The van der Waals surface area contributed by atoms with Crippen molar-refractivity contribution in [2.45, 2.75) is 19.4 Å². The molecule has 12 heavy (non-hydrogen) atoms. The maximum Gasteiger partial charge on any atom is 0.404 e. The highest BCUT2D eigenvalue weighted by molar-refractivity contribution is 7.07. The fourth-order valence-electron chi connectivity index (χ4n) is 1.02. The van der Waals surface area contributed by atoms with Crippen molar-refractivity contribution < 1.29 is 9.90 Å². The minimum atomic E-state index is -0.960. The predicted octanol–water partition coefficient (Wildman–Crippen LogP) is 1.95. The molecule has 1 amide bonds. The van der Waals surface area contributed by atoms with E-state index in [4.69, 9.17) is 5.11 Å². The number of rotatable bonds is 3. The number of nitrogens with one attached hydrogen (secondary N) is 1. The van der Waals surface area contributed by atoms with E-state index in [-0.39, 0.29) is 6.04 Å². The average molecular weight is 185 g/mol. The van der Waals surface area contributed by atoms with Crippen LogP contribution in [0.3, 0.4) is 0 Å². The molecule has 0 saturated heterocycles. The molecule has 0 aromatic carbocycles. The van der Waals surface area contributed by atoms with E-state index in [0.29, 0.717) is 0 Å². The van der Waals surface area contributed by atoms with Gasteiger partial charge in [-0.3, -0.25) is 0 Å². The van der Waals surface area contributed by atoms with Crippen molar-refractivity contribution in [3.8, 4) is 0 Å². The number of hydrogen-bond acceptors (Lipinski definition) is 2. The molecular weight excluding hydrogens is 174 g/mol. The first-order valence-electron chi connectivity index (χ1n) is 3.69. The fourth-order valence-corrected chi connectivity index (χ4v) is 1.71. The van der Waals surface area contributed by atoms with E-state index in [1.165, 1.54) is 5.56 Å². The summed E-state index contributed by atoms with van der Waals surface area (Å²) in [6.45, 7) is 1.85. The van der Waals surface area contributed by atoms with Gasteiger partial charge in [0.05, 0.1) is 0 Å². The van der Waals surface area contributed by atoms with E-state index < -0.39 is 6.09 Å². The zero-order valence-corrected chi connectivity index (χ0v) is 7.60. The van der Waals surface area contributed by atoms with Crippen molar-refractivity contribution in [1.29, 1.82) is 0 Å². The lowest BCUT2D eigenvalue weighted by molar-refractivity contribution is 0.190. The molecule has 3 nitrogen and oxygen atoms in total. The molecule has 1 atom stereocenters. The number of carboxylic acid groups (broad SMARTS) is 1. The highest BCUT2D eigenvalue weighted by atomic mass is 32.1. The van der Waals surface area contributed by atoms with Crippen LogP contribution in [0.5, 0.6) is 0 Å². The normalized spacial score (nSPS) is 12.4. The number of thiophene rings is 1. The molecule has 0 aliphatic rings. The third-order valence-corrected chi connectivity index (χ3v) is 2.22. The molecule has 0 aliphatic heterocycles. The summed E-state index contributed by atoms with van der Waals surface area (Å²) in [4.78, 5) is 10.2. The Morgan fingerprint density at radius 2 is 2.58 bits per heavy atom. The lowest BCUT2D eigenvalue weighted by Gasteiger charge is -2.09. The minimum absolute atomic E-state index is 0.0166. The second-order valence-electron chi connectivity index (χ2n) is 2.69. The quantitative estimate of drug-likeness (QED) is 0.756. The Bertz CT molecular complexity index is 246. The summed E-state index contributed by atoms with van der Waals surface area (Å²) < 4.78 is 0. The van der Waals surface area contributed by atoms with E-state index >= 15 is 0 Å². The zero-order valence-electron chi connectivity index (χ0n) is 6.78. The van der Waals surface area contributed by atoms with Crippen LogP contribution in [0.25, 0.3) is 0 Å². The number of amides is 1. The Balaban J connectivity index is 2.36. The monoisotopic (exact) mass is 185 g/mol. The Morgan fingerprint density at radius 3 is 3.08 bits per heavy atom. The first kappa shape index (κ1) is 9.06. The summed E-state index contributed by atoms with van der Waals surface area (Å²) in [5.74, 6) is 0. The van der Waals surface area contributed by atoms with Crippen molar-refractivity contribution in [3.05, 3.63) is 22.4 Å². The Kier molecular flexibility index (Phi) is 3.10. The van der Waals surface area contributed by atoms with E-state index in [2.05, 4.69) is 5.32 Å². The standard InChI is InChI=1S/C8H11NO2S/c1-6(9-8(10)11)4-7-2-3-12-5-7/h2-3,5-6,9H,4H2,1H3,(H,10,11). The summed E-state index contributed by atoms with van der Waals surface area (Å²) in [5.41, 5.74) is 1.18. The maximum absolute atomic E-state index is 10.2. The maximum atomic E-state index is 10.2. The molecule has 1 aromatic rings. The van der Waals surface area contributed by atoms with E-state index in [1.807, 2.05) is 23.8 Å². The molecule has 0 radical (unpaired) electrons. The van der Waals surface area contributed by atoms with Crippen LogP contribution in [-0.4, -0.2) is 17.2 Å². The van der Waals surface area contributed by atoms with Gasteiger partial charge in [-0.25, -0.2) is 4.79 Å². The third-order valence-electron chi connectivity index (χ3n) is 1.49. The van der Waals surface area contributed by atoms with Crippen LogP contribution in [0, 0.1) is 0 Å². The molecule has 0 saturated carbocycles. The smallest absolute Gasteiger partial charge is 0.404 e. The van der Waals surface area contributed by atoms with Gasteiger partial charge in [0.25, 0.3) is 0 Å². The van der Waals surface area contributed by atoms with Crippen LogP contribution in [0.15, 0.2) is 16.8 Å². The second-order valence-corrected chi connectivity index (χ2v) is 3.47. The summed E-state index contributed by atoms with van der Waals surface area (Å²) in [6, 6.07) is 1.99. The molecule has 0 fully saturated rings. The molecule has 2 N–H and O–H groups in total. The molecule has 1 heterocycles. The van der Waals surface area contributed by atoms with Crippen LogP contribution in [0.1, 0.15) is 12.5 Å². The number of carbonyl (C=O) groups is 1. The van der Waals surface area contributed by atoms with Gasteiger partial charge in [0.15, 0.2) is 0 Å². The summed E-state index contributed by atoms with van der Waals surface area (Å²) in [6.07, 6.45) is -0.201. The van der Waals surface area contributed by atoms with Crippen LogP contribution in [-0.2, 0) is 6.42 Å². The summed E-state index contributed by atoms with van der Waals surface area (Å²) in [7, 11) is 0. The van der Waals surface area contributed by atoms with Gasteiger partial charge in [0.1, 0.15) is 0 Å². The predicted molar refractivity (Wildman–Crippen MR) is 48.6 cm³/mol. The molecule has 1 aromatic heterocycles. The van der Waals surface area contributed by atoms with Gasteiger partial charge in [-0.05, 0) is 35.7 Å². The van der Waals surface area contributed by atoms with Gasteiger partial charge < -0.3 is 10.4 Å². The van der Waals surface area contributed by atoms with E-state index in [0.717, 1.165) is 6.42 Å². The van der Waals surface area contributed by atoms with E-state index in [1.54, 1.807) is 11.3 Å². The molecule has 0 spiro atoms. The lowest BCUT2D eigenvalue weighted by Crippen LogP contribution is -2.32. The number of hydrogen-bond donors (Lipinski definition) is 2. The minimum Gasteiger partial charge on any atom is -0.465 e. The molecule has 1 rings (SSSR count). The Labute approximate surface area is 75.0 Å². The van der Waals surface area contributed by atoms with Gasteiger partial charge in [0.2, 0.25) is 0 Å². The van der Waals surface area contributed by atoms with Crippen molar-refractivity contribution in [2.75, 3.05) is 0 Å². The van der Waals surface area contributed by atoms with Crippen molar-refractivity contribution >= 4 is 17.4 Å². The van der Waals surface area contributed by atoms with Gasteiger partial charge >= 0.3 is 6.09 Å². The summed E-state index contributed by atoms with van der Waals surface area (Å²) >= 11 is 1.63. The Hall–Kier alpha value is -1.03. The molecule has 0 aliphatic carbocycles. The van der Waals surface area contributed by atoms with Gasteiger partial charge in [-0.15, -0.1) is 0 Å². The van der Waals surface area contributed by atoms with Crippen LogP contribution < -0.4 is 5.32 Å². The highest BCUT2D eigenvalue weighted by Gasteiger charge is 2.05. The highest BCUT2D eigenvalue weighted by Crippen LogP contribution is 2.08. The lowest BCUT2D eigenvalue weighted by atomic mass is 10.1. The van der Waals surface area contributed by atoms with Crippen LogP contribution in [0.2, 0.25) is 0 Å². The SMILES string of the molecule is CC(Cc1ccsc1)NC(=O)O. The zero-order chi connectivity index (χ0) is 8.97.